The van der Waals surface area contributed by atoms with Crippen molar-refractivity contribution in [1.29, 1.82) is 0 Å². The molecule has 0 unspecified atom stereocenters. The van der Waals surface area contributed by atoms with Crippen molar-refractivity contribution < 1.29 is 4.74 Å². The van der Waals surface area contributed by atoms with Gasteiger partial charge in [-0.05, 0) is 35.4 Å². The summed E-state index contributed by atoms with van der Waals surface area (Å²) >= 11 is 0. The molecule has 1 nitrogen and oxygen atoms in total. The van der Waals surface area contributed by atoms with E-state index in [-0.39, 0.29) is 0 Å². The maximum absolute atomic E-state index is 5.71. The highest BCUT2D eigenvalue weighted by atomic mass is 16.5. The molecule has 0 saturated carbocycles. The van der Waals surface area contributed by atoms with Crippen LogP contribution in [0.2, 0.25) is 0 Å². The molecule has 0 bridgehead atoms. The molecule has 0 aromatic heterocycles. The van der Waals surface area contributed by atoms with Gasteiger partial charge in [0.1, 0.15) is 11.5 Å². The second kappa shape index (κ2) is 5.17. The summed E-state index contributed by atoms with van der Waals surface area (Å²) in [5, 5.41) is 0. The van der Waals surface area contributed by atoms with Crippen molar-refractivity contribution in [3.05, 3.63) is 72.8 Å². The van der Waals surface area contributed by atoms with Crippen LogP contribution in [0.3, 0.4) is 0 Å². The molecule has 0 amide bonds. The number of hydrogen-bond donors (Lipinski definition) is 0. The van der Waals surface area contributed by atoms with Gasteiger partial charge in [-0.15, -0.1) is 0 Å². The summed E-state index contributed by atoms with van der Waals surface area (Å²) in [6, 6.07) is 15.6. The predicted octanol–water partition coefficient (Wildman–Crippen LogP) is 4.76. The highest BCUT2D eigenvalue weighted by molar-refractivity contribution is 5.50. The first kappa shape index (κ1) is 11.2. The molecule has 2 aromatic carbocycles. The van der Waals surface area contributed by atoms with E-state index in [1.807, 2.05) is 60.7 Å². The van der Waals surface area contributed by atoms with Crippen LogP contribution >= 0.6 is 0 Å². The lowest BCUT2D eigenvalue weighted by Crippen LogP contribution is -1.84. The van der Waals surface area contributed by atoms with Gasteiger partial charge in [0.25, 0.3) is 0 Å². The summed E-state index contributed by atoms with van der Waals surface area (Å²) in [7, 11) is 0. The van der Waals surface area contributed by atoms with Crippen LogP contribution in [0.5, 0.6) is 11.5 Å². The molecule has 0 spiro atoms. The Kier molecular flexibility index (Phi) is 3.41. The van der Waals surface area contributed by atoms with E-state index in [9.17, 15) is 0 Å². The van der Waals surface area contributed by atoms with Gasteiger partial charge in [0.2, 0.25) is 0 Å². The predicted molar refractivity (Wildman–Crippen MR) is 73.1 cm³/mol. The number of hydrogen-bond acceptors (Lipinski definition) is 1. The molecule has 1 heteroatoms. The molecule has 84 valence electrons. The minimum atomic E-state index is 0.821. The fourth-order valence-electron chi connectivity index (χ4n) is 1.48. The van der Waals surface area contributed by atoms with Crippen LogP contribution in [0.25, 0.3) is 12.2 Å². The van der Waals surface area contributed by atoms with Gasteiger partial charge in [0.05, 0.1) is 0 Å². The van der Waals surface area contributed by atoms with Gasteiger partial charge >= 0.3 is 0 Å². The van der Waals surface area contributed by atoms with Crippen LogP contribution in [0.4, 0.5) is 0 Å². The topological polar surface area (TPSA) is 9.23 Å². The van der Waals surface area contributed by atoms with E-state index in [0.29, 0.717) is 0 Å². The van der Waals surface area contributed by atoms with Gasteiger partial charge in [-0.3, -0.25) is 0 Å². The smallest absolute Gasteiger partial charge is 0.127 e. The first-order valence-electron chi connectivity index (χ1n) is 5.44. The van der Waals surface area contributed by atoms with Crippen molar-refractivity contribution in [3.63, 3.8) is 0 Å². The van der Waals surface area contributed by atoms with Gasteiger partial charge in [-0.2, -0.15) is 0 Å². The van der Waals surface area contributed by atoms with Crippen LogP contribution in [0.1, 0.15) is 11.1 Å². The lowest BCUT2D eigenvalue weighted by molar-refractivity contribution is 0.482. The summed E-state index contributed by atoms with van der Waals surface area (Å²) in [5.41, 5.74) is 2.17. The molecule has 0 atom stereocenters. The summed E-state index contributed by atoms with van der Waals surface area (Å²) in [6.45, 7) is 7.43. The normalized spacial score (nSPS) is 9.65. The molecule has 2 aromatic rings. The van der Waals surface area contributed by atoms with Crippen LogP contribution in [0, 0.1) is 0 Å². The van der Waals surface area contributed by atoms with Crippen molar-refractivity contribution in [2.24, 2.45) is 0 Å². The standard InChI is InChI=1S/C16H14O/c1-3-13-5-9-15(10-6-13)17-16-11-7-14(4-2)8-12-16/h3-12H,1-2H2. The Morgan fingerprint density at radius 3 is 1.29 bits per heavy atom. The highest BCUT2D eigenvalue weighted by Crippen LogP contribution is 2.22. The maximum atomic E-state index is 5.71. The Hall–Kier alpha value is -2.28. The molecule has 2 rings (SSSR count). The first-order chi connectivity index (χ1) is 8.31. The summed E-state index contributed by atoms with van der Waals surface area (Å²) in [5.74, 6) is 1.64. The third-order valence-corrected chi connectivity index (χ3v) is 2.47. The van der Waals surface area contributed by atoms with Crippen LogP contribution in [-0.2, 0) is 0 Å². The molecule has 0 radical (unpaired) electrons. The molecule has 0 aliphatic carbocycles. The fourth-order valence-corrected chi connectivity index (χ4v) is 1.48. The number of ether oxygens (including phenoxy) is 1. The minimum Gasteiger partial charge on any atom is -0.457 e. The number of rotatable bonds is 4. The van der Waals surface area contributed by atoms with Crippen molar-refractivity contribution in [2.45, 2.75) is 0 Å². The van der Waals surface area contributed by atoms with E-state index in [0.717, 1.165) is 22.6 Å². The average Bonchev–Trinajstić information content (AvgIpc) is 2.40. The lowest BCUT2D eigenvalue weighted by atomic mass is 10.2. The van der Waals surface area contributed by atoms with Gasteiger partial charge in [0.15, 0.2) is 0 Å². The Labute approximate surface area is 102 Å². The second-order valence-electron chi connectivity index (χ2n) is 3.65. The molecular weight excluding hydrogens is 208 g/mol. The summed E-state index contributed by atoms with van der Waals surface area (Å²) < 4.78 is 5.71. The van der Waals surface area contributed by atoms with E-state index in [4.69, 9.17) is 4.74 Å². The van der Waals surface area contributed by atoms with E-state index in [1.54, 1.807) is 0 Å². The SMILES string of the molecule is C=Cc1ccc(Oc2ccc(C=C)cc2)cc1. The monoisotopic (exact) mass is 222 g/mol. The quantitative estimate of drug-likeness (QED) is 0.724. The van der Waals surface area contributed by atoms with E-state index in [1.165, 1.54) is 0 Å². The molecule has 0 aliphatic heterocycles. The molecule has 0 N–H and O–H groups in total. The highest BCUT2D eigenvalue weighted by Gasteiger charge is 1.96. The van der Waals surface area contributed by atoms with Gasteiger partial charge in [-0.1, -0.05) is 49.6 Å². The Morgan fingerprint density at radius 2 is 1.00 bits per heavy atom. The Bertz CT molecular complexity index is 457. The lowest BCUT2D eigenvalue weighted by Gasteiger charge is -2.06. The second-order valence-corrected chi connectivity index (χ2v) is 3.65. The molecule has 17 heavy (non-hydrogen) atoms. The van der Waals surface area contributed by atoms with Crippen LogP contribution in [0.15, 0.2) is 61.7 Å². The Morgan fingerprint density at radius 1 is 0.647 bits per heavy atom. The zero-order valence-corrected chi connectivity index (χ0v) is 9.60. The van der Waals surface area contributed by atoms with E-state index < -0.39 is 0 Å². The summed E-state index contributed by atoms with van der Waals surface area (Å²) in [6.07, 6.45) is 3.62. The molecule has 0 saturated heterocycles. The van der Waals surface area contributed by atoms with Crippen molar-refractivity contribution in [2.75, 3.05) is 0 Å². The third kappa shape index (κ3) is 2.85. The largest absolute Gasteiger partial charge is 0.457 e. The zero-order chi connectivity index (χ0) is 12.1. The molecular formula is C16H14O. The molecule has 0 heterocycles. The molecule has 0 fully saturated rings. The summed E-state index contributed by atoms with van der Waals surface area (Å²) in [4.78, 5) is 0. The Balaban J connectivity index is 2.13. The van der Waals surface area contributed by atoms with Crippen LogP contribution in [-0.4, -0.2) is 0 Å². The van der Waals surface area contributed by atoms with E-state index in [2.05, 4.69) is 13.2 Å². The first-order valence-corrected chi connectivity index (χ1v) is 5.44. The van der Waals surface area contributed by atoms with Crippen LogP contribution < -0.4 is 4.74 Å². The van der Waals surface area contributed by atoms with Crippen molar-refractivity contribution >= 4 is 12.2 Å². The minimum absolute atomic E-state index is 0.821. The van der Waals surface area contributed by atoms with Crippen molar-refractivity contribution in [1.82, 2.24) is 0 Å². The maximum Gasteiger partial charge on any atom is 0.127 e. The third-order valence-electron chi connectivity index (χ3n) is 2.47. The van der Waals surface area contributed by atoms with Gasteiger partial charge < -0.3 is 4.74 Å². The van der Waals surface area contributed by atoms with Gasteiger partial charge in [0, 0.05) is 0 Å². The van der Waals surface area contributed by atoms with Crippen molar-refractivity contribution in [3.8, 4) is 11.5 Å². The van der Waals surface area contributed by atoms with E-state index >= 15 is 0 Å². The zero-order valence-electron chi connectivity index (χ0n) is 9.60. The average molecular weight is 222 g/mol. The van der Waals surface area contributed by atoms with Gasteiger partial charge in [-0.25, -0.2) is 0 Å². The number of benzene rings is 2. The fraction of sp³-hybridized carbons (Fsp3) is 0. The molecule has 0 aliphatic rings.